The summed E-state index contributed by atoms with van der Waals surface area (Å²) < 4.78 is 5.59. The van der Waals surface area contributed by atoms with E-state index in [0.717, 1.165) is 6.42 Å². The lowest BCUT2D eigenvalue weighted by Gasteiger charge is -2.30. The normalized spacial score (nSPS) is 13.9. The molecule has 1 atom stereocenters. The van der Waals surface area contributed by atoms with Crippen LogP contribution in [0.1, 0.15) is 33.6 Å². The van der Waals surface area contributed by atoms with Crippen molar-refractivity contribution in [3.05, 3.63) is 16.7 Å². The molecule has 5 nitrogen and oxygen atoms in total. The minimum absolute atomic E-state index is 0.172. The number of carbonyl (C=O) groups is 1. The minimum atomic E-state index is -1.38. The fourth-order valence-corrected chi connectivity index (χ4v) is 2.36. The molecule has 0 radical (unpaired) electrons. The Labute approximate surface area is 127 Å². The molecule has 2 N–H and O–H groups in total. The highest BCUT2D eigenvalue weighted by molar-refractivity contribution is 9.10. The zero-order valence-corrected chi connectivity index (χ0v) is 13.8. The van der Waals surface area contributed by atoms with Gasteiger partial charge in [-0.3, -0.25) is 4.79 Å². The summed E-state index contributed by atoms with van der Waals surface area (Å²) in [5, 5.41) is 13.3. The van der Waals surface area contributed by atoms with Crippen LogP contribution in [-0.4, -0.2) is 28.7 Å². The maximum atomic E-state index is 12.3. The average molecular weight is 345 g/mol. The van der Waals surface area contributed by atoms with Crippen LogP contribution in [0.2, 0.25) is 0 Å². The van der Waals surface area contributed by atoms with Crippen molar-refractivity contribution in [3.8, 4) is 5.88 Å². The Balaban J connectivity index is 2.96. The molecule has 1 amide bonds. The summed E-state index contributed by atoms with van der Waals surface area (Å²) in [7, 11) is 1.50. The molecule has 0 aromatic carbocycles. The summed E-state index contributed by atoms with van der Waals surface area (Å²) in [5.41, 5.74) is -0.846. The van der Waals surface area contributed by atoms with Crippen molar-refractivity contribution in [1.82, 2.24) is 4.98 Å². The van der Waals surface area contributed by atoms with E-state index >= 15 is 0 Å². The van der Waals surface area contributed by atoms with Crippen LogP contribution in [0.5, 0.6) is 5.88 Å². The first-order valence-corrected chi connectivity index (χ1v) is 7.38. The highest BCUT2D eigenvalue weighted by Crippen LogP contribution is 2.26. The molecule has 0 aliphatic rings. The number of rotatable bonds is 6. The molecule has 0 aliphatic heterocycles. The van der Waals surface area contributed by atoms with E-state index in [1.807, 2.05) is 20.8 Å². The highest BCUT2D eigenvalue weighted by atomic mass is 79.9. The van der Waals surface area contributed by atoms with Crippen LogP contribution >= 0.6 is 15.9 Å². The molecule has 0 spiro atoms. The van der Waals surface area contributed by atoms with E-state index in [2.05, 4.69) is 26.2 Å². The predicted molar refractivity (Wildman–Crippen MR) is 81.8 cm³/mol. The van der Waals surface area contributed by atoms with Crippen molar-refractivity contribution in [3.63, 3.8) is 0 Å². The van der Waals surface area contributed by atoms with Crippen LogP contribution in [0.25, 0.3) is 0 Å². The second-order valence-electron chi connectivity index (χ2n) is 5.00. The number of amides is 1. The molecular formula is C14H21BrN2O3. The lowest BCUT2D eigenvalue weighted by Crippen LogP contribution is -2.47. The van der Waals surface area contributed by atoms with Crippen molar-refractivity contribution in [1.29, 1.82) is 0 Å². The number of aliphatic hydroxyl groups is 1. The van der Waals surface area contributed by atoms with E-state index in [1.54, 1.807) is 12.1 Å². The molecular weight excluding hydrogens is 324 g/mol. The smallest absolute Gasteiger partial charge is 0.256 e. The van der Waals surface area contributed by atoms with Gasteiger partial charge in [-0.05, 0) is 34.3 Å². The quantitative estimate of drug-likeness (QED) is 0.778. The molecule has 0 aliphatic carbocycles. The van der Waals surface area contributed by atoms with Gasteiger partial charge in [-0.2, -0.15) is 0 Å². The lowest BCUT2D eigenvalue weighted by molar-refractivity contribution is -0.139. The number of anilines is 1. The number of nitrogens with one attached hydrogen (secondary N) is 1. The summed E-state index contributed by atoms with van der Waals surface area (Å²) in [6.07, 6.45) is 1.14. The van der Waals surface area contributed by atoms with Gasteiger partial charge in [0.1, 0.15) is 10.2 Å². The first-order valence-electron chi connectivity index (χ1n) is 6.59. The van der Waals surface area contributed by atoms with E-state index in [-0.39, 0.29) is 5.92 Å². The molecule has 0 unspecified atom stereocenters. The Morgan fingerprint density at radius 2 is 2.20 bits per heavy atom. The third-order valence-corrected chi connectivity index (χ3v) is 3.62. The maximum Gasteiger partial charge on any atom is 0.256 e. The van der Waals surface area contributed by atoms with Crippen molar-refractivity contribution in [2.24, 2.45) is 5.92 Å². The number of pyridine rings is 1. The molecule has 1 aromatic rings. The number of hydrogen-bond acceptors (Lipinski definition) is 4. The lowest BCUT2D eigenvalue weighted by atomic mass is 9.85. The van der Waals surface area contributed by atoms with Gasteiger partial charge in [-0.25, -0.2) is 4.98 Å². The Bertz CT molecular complexity index is 479. The van der Waals surface area contributed by atoms with Crippen molar-refractivity contribution < 1.29 is 14.6 Å². The number of hydrogen-bond donors (Lipinski definition) is 2. The largest absolute Gasteiger partial charge is 0.481 e. The minimum Gasteiger partial charge on any atom is -0.481 e. The molecule has 6 heteroatoms. The summed E-state index contributed by atoms with van der Waals surface area (Å²) >= 11 is 3.25. The number of methoxy groups -OCH3 is 1. The van der Waals surface area contributed by atoms with Crippen molar-refractivity contribution in [2.45, 2.75) is 39.2 Å². The van der Waals surface area contributed by atoms with Crippen LogP contribution in [0.4, 0.5) is 5.69 Å². The molecule has 0 saturated carbocycles. The van der Waals surface area contributed by atoms with Gasteiger partial charge >= 0.3 is 0 Å². The van der Waals surface area contributed by atoms with Gasteiger partial charge in [0.05, 0.1) is 7.11 Å². The number of aromatic nitrogens is 1. The molecule has 1 rings (SSSR count). The van der Waals surface area contributed by atoms with Gasteiger partial charge in [-0.15, -0.1) is 0 Å². The standard InChI is InChI=1S/C14H21BrN2O3/c1-5-6-14(19,9(2)3)13(18)16-10-7-11(15)17-12(8-10)20-4/h7-9,19H,5-6H2,1-4H3,(H,16,17,18)/t14-/m1/s1. The average Bonchev–Trinajstić information content (AvgIpc) is 2.37. The Kier molecular flexibility index (Phi) is 5.95. The first-order chi connectivity index (χ1) is 9.33. The highest BCUT2D eigenvalue weighted by Gasteiger charge is 2.38. The summed E-state index contributed by atoms with van der Waals surface area (Å²) in [6.45, 7) is 5.60. The number of carbonyl (C=O) groups excluding carboxylic acids is 1. The summed E-state index contributed by atoms with van der Waals surface area (Å²) in [5.74, 6) is -0.192. The molecule has 1 heterocycles. The van der Waals surface area contributed by atoms with E-state index in [4.69, 9.17) is 4.74 Å². The van der Waals surface area contributed by atoms with Crippen LogP contribution in [0, 0.1) is 5.92 Å². The zero-order valence-electron chi connectivity index (χ0n) is 12.2. The van der Waals surface area contributed by atoms with Crippen molar-refractivity contribution in [2.75, 3.05) is 12.4 Å². The zero-order chi connectivity index (χ0) is 15.3. The molecule has 0 saturated heterocycles. The van der Waals surface area contributed by atoms with E-state index < -0.39 is 11.5 Å². The van der Waals surface area contributed by atoms with Gasteiger partial charge in [0, 0.05) is 11.8 Å². The van der Waals surface area contributed by atoms with Crippen molar-refractivity contribution >= 4 is 27.5 Å². The monoisotopic (exact) mass is 344 g/mol. The van der Waals surface area contributed by atoms with Crippen LogP contribution in [0.15, 0.2) is 16.7 Å². The van der Waals surface area contributed by atoms with E-state index in [0.29, 0.717) is 22.6 Å². The predicted octanol–water partition coefficient (Wildman–Crippen LogP) is 2.98. The number of ether oxygens (including phenoxy) is 1. The fraction of sp³-hybridized carbons (Fsp3) is 0.571. The second kappa shape index (κ2) is 7.04. The molecule has 0 bridgehead atoms. The fourth-order valence-electron chi connectivity index (χ4n) is 1.93. The third kappa shape index (κ3) is 3.93. The molecule has 20 heavy (non-hydrogen) atoms. The number of halogens is 1. The topological polar surface area (TPSA) is 71.5 Å². The first kappa shape index (κ1) is 16.9. The summed E-state index contributed by atoms with van der Waals surface area (Å²) in [6, 6.07) is 3.27. The molecule has 112 valence electrons. The van der Waals surface area contributed by atoms with Gasteiger partial charge in [0.15, 0.2) is 0 Å². The molecule has 0 fully saturated rings. The Morgan fingerprint density at radius 1 is 1.55 bits per heavy atom. The Morgan fingerprint density at radius 3 is 2.70 bits per heavy atom. The van der Waals surface area contributed by atoms with Crippen LogP contribution in [-0.2, 0) is 4.79 Å². The maximum absolute atomic E-state index is 12.3. The van der Waals surface area contributed by atoms with Gasteiger partial charge in [0.25, 0.3) is 5.91 Å². The van der Waals surface area contributed by atoms with Gasteiger partial charge in [-0.1, -0.05) is 27.2 Å². The van der Waals surface area contributed by atoms with E-state index in [9.17, 15) is 9.90 Å². The third-order valence-electron chi connectivity index (χ3n) is 3.22. The Hall–Kier alpha value is -1.14. The number of nitrogens with zero attached hydrogens (tertiary/aromatic N) is 1. The van der Waals surface area contributed by atoms with E-state index in [1.165, 1.54) is 7.11 Å². The second-order valence-corrected chi connectivity index (χ2v) is 5.82. The molecule has 1 aromatic heterocycles. The van der Waals surface area contributed by atoms with Gasteiger partial charge < -0.3 is 15.2 Å². The van der Waals surface area contributed by atoms with Gasteiger partial charge in [0.2, 0.25) is 5.88 Å². The SMILES string of the molecule is CCC[C@](O)(C(=O)Nc1cc(Br)nc(OC)c1)C(C)C. The van der Waals surface area contributed by atoms with Crippen LogP contribution in [0.3, 0.4) is 0 Å². The summed E-state index contributed by atoms with van der Waals surface area (Å²) in [4.78, 5) is 16.4. The van der Waals surface area contributed by atoms with Crippen LogP contribution < -0.4 is 10.1 Å².